The van der Waals surface area contributed by atoms with Gasteiger partial charge in [-0.15, -0.1) is 0 Å². The van der Waals surface area contributed by atoms with Crippen molar-refractivity contribution in [2.45, 2.75) is 0 Å². The number of anilines is 1. The summed E-state index contributed by atoms with van der Waals surface area (Å²) >= 11 is 0. The van der Waals surface area contributed by atoms with Crippen LogP contribution in [0.25, 0.3) is 0 Å². The van der Waals surface area contributed by atoms with Gasteiger partial charge in [0, 0.05) is 20.1 Å². The Labute approximate surface area is 104 Å². The highest BCUT2D eigenvalue weighted by molar-refractivity contribution is 5.96. The first-order chi connectivity index (χ1) is 8.63. The molecule has 0 saturated carbocycles. The van der Waals surface area contributed by atoms with Crippen LogP contribution in [0.5, 0.6) is 0 Å². The summed E-state index contributed by atoms with van der Waals surface area (Å²) in [4.78, 5) is 26.0. The first-order valence-electron chi connectivity index (χ1n) is 5.65. The van der Waals surface area contributed by atoms with Crippen molar-refractivity contribution in [3.05, 3.63) is 30.1 Å². The lowest BCUT2D eigenvalue weighted by molar-refractivity contribution is -0.121. The van der Waals surface area contributed by atoms with Crippen LogP contribution in [0.4, 0.5) is 14.9 Å². The fourth-order valence-electron chi connectivity index (χ4n) is 1.88. The molecule has 1 heterocycles. The second-order valence-electron chi connectivity index (χ2n) is 3.98. The number of benzene rings is 1. The van der Waals surface area contributed by atoms with Gasteiger partial charge >= 0.3 is 6.03 Å². The molecule has 1 aromatic carbocycles. The molecule has 18 heavy (non-hydrogen) atoms. The molecule has 5 nitrogen and oxygen atoms in total. The minimum atomic E-state index is -0.437. The highest BCUT2D eigenvalue weighted by Gasteiger charge is 2.31. The molecule has 0 radical (unpaired) electrons. The van der Waals surface area contributed by atoms with Crippen LogP contribution in [0.3, 0.4) is 0 Å². The molecule has 1 aromatic rings. The minimum Gasteiger partial charge on any atom is -0.358 e. The Kier molecular flexibility index (Phi) is 3.45. The molecule has 1 aliphatic heterocycles. The van der Waals surface area contributed by atoms with Crippen LogP contribution in [0.2, 0.25) is 0 Å². The van der Waals surface area contributed by atoms with E-state index in [4.69, 9.17) is 0 Å². The van der Waals surface area contributed by atoms with Crippen molar-refractivity contribution in [2.75, 3.05) is 31.6 Å². The fourth-order valence-corrected chi connectivity index (χ4v) is 1.88. The fraction of sp³-hybridized carbons (Fsp3) is 0.333. The summed E-state index contributed by atoms with van der Waals surface area (Å²) in [7, 11) is 1.51. The lowest BCUT2D eigenvalue weighted by Crippen LogP contribution is -2.39. The molecule has 6 heteroatoms. The van der Waals surface area contributed by atoms with E-state index in [0.717, 1.165) is 0 Å². The second kappa shape index (κ2) is 5.03. The quantitative estimate of drug-likeness (QED) is 0.864. The van der Waals surface area contributed by atoms with Crippen molar-refractivity contribution in [1.29, 1.82) is 0 Å². The summed E-state index contributed by atoms with van der Waals surface area (Å²) in [6.45, 7) is 0.803. The van der Waals surface area contributed by atoms with Gasteiger partial charge in [0.15, 0.2) is 0 Å². The van der Waals surface area contributed by atoms with Gasteiger partial charge in [0.05, 0.1) is 5.69 Å². The van der Waals surface area contributed by atoms with Gasteiger partial charge in [0.2, 0.25) is 5.91 Å². The van der Waals surface area contributed by atoms with Crippen molar-refractivity contribution in [3.8, 4) is 0 Å². The Bertz CT molecular complexity index is 478. The molecule has 1 N–H and O–H groups in total. The van der Waals surface area contributed by atoms with Crippen molar-refractivity contribution in [3.63, 3.8) is 0 Å². The van der Waals surface area contributed by atoms with E-state index in [1.165, 1.54) is 22.9 Å². The average molecular weight is 251 g/mol. The third-order valence-corrected chi connectivity index (χ3v) is 2.85. The number of hydrogen-bond acceptors (Lipinski definition) is 2. The first-order valence-corrected chi connectivity index (χ1v) is 5.65. The number of carbonyl (C=O) groups is 2. The maximum Gasteiger partial charge on any atom is 0.325 e. The third-order valence-electron chi connectivity index (χ3n) is 2.85. The lowest BCUT2D eigenvalue weighted by atomic mass is 10.3. The Morgan fingerprint density at radius 1 is 1.39 bits per heavy atom. The maximum atomic E-state index is 13.6. The lowest BCUT2D eigenvalue weighted by Gasteiger charge is -2.18. The standard InChI is InChI=1S/C12H14FN3O2/c1-14-11(17)8-15-6-7-16(12(15)18)10-5-3-2-4-9(10)13/h2-5H,6-8H2,1H3,(H,14,17). The van der Waals surface area contributed by atoms with E-state index in [1.54, 1.807) is 18.2 Å². The summed E-state index contributed by atoms with van der Waals surface area (Å²) < 4.78 is 13.6. The zero-order valence-electron chi connectivity index (χ0n) is 10.0. The second-order valence-corrected chi connectivity index (χ2v) is 3.98. The summed E-state index contributed by atoms with van der Waals surface area (Å²) in [5.41, 5.74) is 0.252. The molecular formula is C12H14FN3O2. The predicted molar refractivity (Wildman–Crippen MR) is 64.8 cm³/mol. The zero-order valence-corrected chi connectivity index (χ0v) is 10.0. The largest absolute Gasteiger partial charge is 0.358 e. The van der Waals surface area contributed by atoms with Crippen molar-refractivity contribution in [1.82, 2.24) is 10.2 Å². The molecule has 0 spiro atoms. The maximum absolute atomic E-state index is 13.6. The normalized spacial score (nSPS) is 15.1. The highest BCUT2D eigenvalue weighted by Crippen LogP contribution is 2.22. The molecule has 0 aliphatic carbocycles. The summed E-state index contributed by atoms with van der Waals surface area (Å²) in [5, 5.41) is 2.45. The van der Waals surface area contributed by atoms with Crippen LogP contribution >= 0.6 is 0 Å². The van der Waals surface area contributed by atoms with Crippen LogP contribution in [0, 0.1) is 5.82 Å². The van der Waals surface area contributed by atoms with E-state index in [0.29, 0.717) is 13.1 Å². The van der Waals surface area contributed by atoms with E-state index in [1.807, 2.05) is 0 Å². The van der Waals surface area contributed by atoms with Gasteiger partial charge in [-0.2, -0.15) is 0 Å². The summed E-state index contributed by atoms with van der Waals surface area (Å²) in [5.74, 6) is -0.675. The van der Waals surface area contributed by atoms with Crippen LogP contribution in [0.15, 0.2) is 24.3 Å². The predicted octanol–water partition coefficient (Wildman–Crippen LogP) is 0.814. The van der Waals surface area contributed by atoms with Gasteiger partial charge in [0.25, 0.3) is 0 Å². The van der Waals surface area contributed by atoms with Crippen molar-refractivity contribution in [2.24, 2.45) is 0 Å². The molecule has 1 aliphatic rings. The monoisotopic (exact) mass is 251 g/mol. The molecule has 0 aromatic heterocycles. The van der Waals surface area contributed by atoms with Gasteiger partial charge in [-0.25, -0.2) is 9.18 Å². The summed E-state index contributed by atoms with van der Waals surface area (Å²) in [6.07, 6.45) is 0. The molecule has 0 unspecified atom stereocenters. The Morgan fingerprint density at radius 3 is 2.78 bits per heavy atom. The molecule has 0 atom stereocenters. The van der Waals surface area contributed by atoms with Crippen LogP contribution < -0.4 is 10.2 Å². The SMILES string of the molecule is CNC(=O)CN1CCN(c2ccccc2F)C1=O. The highest BCUT2D eigenvalue weighted by atomic mass is 19.1. The topological polar surface area (TPSA) is 52.7 Å². The van der Waals surface area contributed by atoms with Gasteiger partial charge in [-0.05, 0) is 12.1 Å². The smallest absolute Gasteiger partial charge is 0.325 e. The van der Waals surface area contributed by atoms with E-state index >= 15 is 0 Å². The molecule has 96 valence electrons. The third kappa shape index (κ3) is 2.27. The average Bonchev–Trinajstić information content (AvgIpc) is 2.72. The van der Waals surface area contributed by atoms with Crippen molar-refractivity contribution < 1.29 is 14.0 Å². The Balaban J connectivity index is 2.12. The van der Waals surface area contributed by atoms with Crippen LogP contribution in [0.1, 0.15) is 0 Å². The number of likely N-dealkylation sites (N-methyl/N-ethyl adjacent to an activating group) is 1. The Morgan fingerprint density at radius 2 is 2.11 bits per heavy atom. The number of carbonyl (C=O) groups excluding carboxylic acids is 2. The van der Waals surface area contributed by atoms with Gasteiger partial charge in [-0.3, -0.25) is 9.69 Å². The molecular weight excluding hydrogens is 237 g/mol. The van der Waals surface area contributed by atoms with Crippen LogP contribution in [-0.2, 0) is 4.79 Å². The molecule has 3 amide bonds. The number of hydrogen-bond donors (Lipinski definition) is 1. The molecule has 1 fully saturated rings. The number of nitrogens with zero attached hydrogens (tertiary/aromatic N) is 2. The van der Waals surface area contributed by atoms with Gasteiger partial charge < -0.3 is 10.2 Å². The van der Waals surface area contributed by atoms with Crippen LogP contribution in [-0.4, -0.2) is 43.5 Å². The van der Waals surface area contributed by atoms with E-state index in [-0.39, 0.29) is 24.2 Å². The minimum absolute atomic E-state index is 0.000284. The van der Waals surface area contributed by atoms with E-state index in [2.05, 4.69) is 5.32 Å². The van der Waals surface area contributed by atoms with Gasteiger partial charge in [0.1, 0.15) is 12.4 Å². The van der Waals surface area contributed by atoms with Gasteiger partial charge in [-0.1, -0.05) is 12.1 Å². The van der Waals surface area contributed by atoms with Crippen molar-refractivity contribution >= 4 is 17.6 Å². The van der Waals surface area contributed by atoms with E-state index < -0.39 is 5.82 Å². The first kappa shape index (κ1) is 12.3. The van der Waals surface area contributed by atoms with E-state index in [9.17, 15) is 14.0 Å². The number of rotatable bonds is 3. The number of urea groups is 1. The number of amides is 3. The molecule has 1 saturated heterocycles. The number of nitrogens with one attached hydrogen (secondary N) is 1. The summed E-state index contributed by atoms with van der Waals surface area (Å²) in [6, 6.07) is 5.76. The Hall–Kier alpha value is -2.11. The zero-order chi connectivity index (χ0) is 13.1. The molecule has 2 rings (SSSR count). The number of para-hydroxylation sites is 1. The molecule has 0 bridgehead atoms. The number of halogens is 1.